The molecule has 6 heterocycles. The lowest BCUT2D eigenvalue weighted by Crippen LogP contribution is -2.29. The zero-order valence-corrected chi connectivity index (χ0v) is 21.2. The number of ether oxygens (including phenoxy) is 1. The number of fused-ring (bicyclic) bond motifs is 3. The number of rotatable bonds is 5. The van der Waals surface area contributed by atoms with Crippen LogP contribution in [-0.2, 0) is 24.4 Å². The maximum Gasteiger partial charge on any atom is 0.146 e. The van der Waals surface area contributed by atoms with Gasteiger partial charge in [0.05, 0.1) is 34.2 Å². The van der Waals surface area contributed by atoms with E-state index in [4.69, 9.17) is 13.0 Å². The average Bonchev–Trinajstić information content (AvgIpc) is 3.61. The number of hydrogen-bond donors (Lipinski definition) is 1. The minimum Gasteiger partial charge on any atom is -0.384 e. The van der Waals surface area contributed by atoms with Crippen LogP contribution in [0.2, 0.25) is 0 Å². The van der Waals surface area contributed by atoms with Crippen molar-refractivity contribution in [1.29, 1.82) is 0 Å². The summed E-state index contributed by atoms with van der Waals surface area (Å²) in [5.41, 5.74) is -0.145. The Hall–Kier alpha value is -3.70. The second kappa shape index (κ2) is 8.95. The van der Waals surface area contributed by atoms with Gasteiger partial charge in [0.1, 0.15) is 28.1 Å². The molecule has 0 amide bonds. The summed E-state index contributed by atoms with van der Waals surface area (Å²) in [5.74, 6) is -0.769. The molecule has 5 aromatic heterocycles. The van der Waals surface area contributed by atoms with Crippen LogP contribution in [0, 0.1) is 18.6 Å². The molecular weight excluding hydrogens is 487 g/mol. The van der Waals surface area contributed by atoms with E-state index in [-0.39, 0.29) is 45.2 Å². The van der Waals surface area contributed by atoms with Crippen LogP contribution in [0.15, 0.2) is 30.6 Å². The highest BCUT2D eigenvalue weighted by atomic mass is 19.1. The first-order valence-corrected chi connectivity index (χ1v) is 12.3. The Morgan fingerprint density at radius 2 is 2.03 bits per heavy atom. The molecule has 0 unspecified atom stereocenters. The maximum absolute atomic E-state index is 15.7. The Morgan fingerprint density at radius 3 is 2.74 bits per heavy atom. The van der Waals surface area contributed by atoms with Crippen molar-refractivity contribution in [2.75, 3.05) is 13.2 Å². The summed E-state index contributed by atoms with van der Waals surface area (Å²) < 4.78 is 74.1. The summed E-state index contributed by atoms with van der Waals surface area (Å²) in [6.45, 7) is -1.49. The van der Waals surface area contributed by atoms with Crippen molar-refractivity contribution in [3.63, 3.8) is 0 Å². The van der Waals surface area contributed by atoms with Crippen molar-refractivity contribution in [2.24, 2.45) is 19.9 Å². The van der Waals surface area contributed by atoms with E-state index in [0.717, 1.165) is 4.68 Å². The van der Waals surface area contributed by atoms with Crippen LogP contribution in [0.5, 0.6) is 0 Å². The van der Waals surface area contributed by atoms with Crippen LogP contribution in [0.4, 0.5) is 4.39 Å². The summed E-state index contributed by atoms with van der Waals surface area (Å²) in [7, 11) is 1.56. The summed E-state index contributed by atoms with van der Waals surface area (Å²) in [4.78, 5) is 9.11. The van der Waals surface area contributed by atoms with Crippen molar-refractivity contribution in [3.8, 4) is 11.3 Å². The van der Waals surface area contributed by atoms with Gasteiger partial charge in [0.25, 0.3) is 0 Å². The fourth-order valence-corrected chi connectivity index (χ4v) is 5.50. The Morgan fingerprint density at radius 1 is 1.21 bits per heavy atom. The fraction of sp³-hybridized carbons (Fsp3) is 0.444. The quantitative estimate of drug-likeness (QED) is 0.372. The van der Waals surface area contributed by atoms with Gasteiger partial charge in [-0.2, -0.15) is 5.10 Å². The SMILES string of the molecule is [2H]C([2H])([2H])c1nnn(C)c1-c1cnc2c3c(c(C(C)(C)O)nn3C([2H])([2H])[2H])n([C@H](c3ncccc3F)C3CCOCC3)c2c1. The van der Waals surface area contributed by atoms with Crippen molar-refractivity contribution in [1.82, 2.24) is 39.3 Å². The molecule has 0 bridgehead atoms. The second-order valence-corrected chi connectivity index (χ2v) is 10.2. The van der Waals surface area contributed by atoms with Crippen LogP contribution in [0.1, 0.15) is 58.0 Å². The molecular formula is C27H31FN8O2. The first-order chi connectivity index (χ1) is 20.6. The summed E-state index contributed by atoms with van der Waals surface area (Å²) in [6.07, 6.45) is 4.01. The van der Waals surface area contributed by atoms with Gasteiger partial charge in [-0.3, -0.25) is 14.6 Å². The lowest BCUT2D eigenvalue weighted by atomic mass is 9.88. The Balaban J connectivity index is 1.79. The van der Waals surface area contributed by atoms with Crippen molar-refractivity contribution >= 4 is 22.1 Å². The predicted molar refractivity (Wildman–Crippen MR) is 140 cm³/mol. The lowest BCUT2D eigenvalue weighted by Gasteiger charge is -2.32. The molecule has 38 heavy (non-hydrogen) atoms. The molecule has 1 fully saturated rings. The summed E-state index contributed by atoms with van der Waals surface area (Å²) >= 11 is 0. The molecule has 10 nitrogen and oxygen atoms in total. The monoisotopic (exact) mass is 524 g/mol. The molecule has 1 N–H and O–H groups in total. The van der Waals surface area contributed by atoms with Gasteiger partial charge in [-0.1, -0.05) is 5.21 Å². The highest BCUT2D eigenvalue weighted by Gasteiger charge is 2.37. The topological polar surface area (TPSA) is 109 Å². The van der Waals surface area contributed by atoms with Crippen LogP contribution in [0.3, 0.4) is 0 Å². The molecule has 5 aromatic rings. The molecule has 11 heteroatoms. The van der Waals surface area contributed by atoms with E-state index in [9.17, 15) is 5.11 Å². The predicted octanol–water partition coefficient (Wildman–Crippen LogP) is 3.80. The van der Waals surface area contributed by atoms with E-state index in [1.165, 1.54) is 43.1 Å². The van der Waals surface area contributed by atoms with E-state index in [0.29, 0.717) is 37.1 Å². The molecule has 0 radical (unpaired) electrons. The highest BCUT2D eigenvalue weighted by molar-refractivity contribution is 6.06. The molecule has 0 saturated carbocycles. The number of aliphatic hydroxyl groups is 1. The molecule has 6 rings (SSSR count). The highest BCUT2D eigenvalue weighted by Crippen LogP contribution is 2.43. The first kappa shape index (κ1) is 18.5. The lowest BCUT2D eigenvalue weighted by molar-refractivity contribution is 0.0538. The number of halogens is 1. The van der Waals surface area contributed by atoms with Crippen LogP contribution >= 0.6 is 0 Å². The molecule has 1 aliphatic heterocycles. The van der Waals surface area contributed by atoms with Gasteiger partial charge in [0, 0.05) is 53.4 Å². The van der Waals surface area contributed by atoms with Gasteiger partial charge in [0.15, 0.2) is 0 Å². The van der Waals surface area contributed by atoms with Crippen molar-refractivity contribution in [2.45, 2.75) is 45.2 Å². The van der Waals surface area contributed by atoms with E-state index in [2.05, 4.69) is 25.4 Å². The molecule has 0 spiro atoms. The zero-order chi connectivity index (χ0) is 31.8. The molecule has 0 aliphatic carbocycles. The van der Waals surface area contributed by atoms with Crippen molar-refractivity contribution in [3.05, 3.63) is 53.5 Å². The summed E-state index contributed by atoms with van der Waals surface area (Å²) in [6, 6.07) is 3.68. The smallest absolute Gasteiger partial charge is 0.146 e. The van der Waals surface area contributed by atoms with E-state index in [1.807, 2.05) is 0 Å². The van der Waals surface area contributed by atoms with Crippen molar-refractivity contribution < 1.29 is 22.5 Å². The molecule has 1 atom stereocenters. The average molecular weight is 525 g/mol. The zero-order valence-electron chi connectivity index (χ0n) is 27.2. The van der Waals surface area contributed by atoms with Gasteiger partial charge in [-0.25, -0.2) is 9.07 Å². The molecule has 1 saturated heterocycles. The normalized spacial score (nSPS) is 19.1. The fourth-order valence-electron chi connectivity index (χ4n) is 5.50. The van der Waals surface area contributed by atoms with Gasteiger partial charge in [-0.05, 0) is 57.7 Å². The van der Waals surface area contributed by atoms with Crippen LogP contribution < -0.4 is 0 Å². The maximum atomic E-state index is 15.7. The number of aromatic nitrogens is 8. The van der Waals surface area contributed by atoms with E-state index >= 15 is 4.39 Å². The van der Waals surface area contributed by atoms with Crippen LogP contribution in [0.25, 0.3) is 33.3 Å². The second-order valence-electron chi connectivity index (χ2n) is 10.2. The largest absolute Gasteiger partial charge is 0.384 e. The minimum atomic E-state index is -2.76. The third-order valence-corrected chi connectivity index (χ3v) is 7.19. The third kappa shape index (κ3) is 3.80. The summed E-state index contributed by atoms with van der Waals surface area (Å²) in [5, 5.41) is 23.5. The Labute approximate surface area is 227 Å². The standard InChI is InChI=1S/C27H31FN8O2/c1-15-22(35(5)33-31-15)17-13-19-21(30-14-17)24-25(26(27(2,3)37)32-34(24)4)36(19)23(16-8-11-38-12-9-16)20-18(28)7-6-10-29-20/h6-7,10,13-14,16,23,37H,8-9,11-12H2,1-5H3/t23-/m0/s1/i1D3,4D3. The number of pyridine rings is 2. The third-order valence-electron chi connectivity index (χ3n) is 7.19. The number of aryl methyl sites for hydroxylation is 3. The molecule has 198 valence electrons. The Bertz CT molecular complexity index is 1860. The minimum absolute atomic E-state index is 0.0574. The Kier molecular flexibility index (Phi) is 4.37. The molecule has 1 aliphatic rings. The van der Waals surface area contributed by atoms with E-state index < -0.39 is 31.3 Å². The molecule has 0 aromatic carbocycles. The van der Waals surface area contributed by atoms with Gasteiger partial charge < -0.3 is 14.4 Å². The van der Waals surface area contributed by atoms with E-state index in [1.54, 1.807) is 17.7 Å². The first-order valence-electron chi connectivity index (χ1n) is 15.3. The number of nitrogens with zero attached hydrogens (tertiary/aromatic N) is 8. The van der Waals surface area contributed by atoms with Crippen LogP contribution in [-0.4, -0.2) is 57.6 Å². The number of hydrogen-bond acceptors (Lipinski definition) is 7. The van der Waals surface area contributed by atoms with Gasteiger partial charge in [0.2, 0.25) is 0 Å². The van der Waals surface area contributed by atoms with Gasteiger partial charge >= 0.3 is 0 Å². The van der Waals surface area contributed by atoms with Gasteiger partial charge in [-0.15, -0.1) is 5.10 Å².